The molecule has 0 heterocycles. The summed E-state index contributed by atoms with van der Waals surface area (Å²) in [6, 6.07) is 13.6. The molecule has 0 atom stereocenters. The molecule has 0 saturated heterocycles. The maximum Gasteiger partial charge on any atom is 0.261 e. The molecule has 3 N–H and O–H groups in total. The average Bonchev–Trinajstić information content (AvgIpc) is 2.45. The molecule has 5 heteroatoms. The Hall–Kier alpha value is -2.29. The lowest BCUT2D eigenvalue weighted by molar-refractivity contribution is 0.601. The van der Waals surface area contributed by atoms with Crippen LogP contribution in [-0.2, 0) is 10.0 Å². The van der Waals surface area contributed by atoms with Gasteiger partial charge in [-0.15, -0.1) is 0 Å². The molecule has 0 unspecified atom stereocenters. The summed E-state index contributed by atoms with van der Waals surface area (Å²) in [6.45, 7) is 2.18. The standard InChI is InChI=1S/C16H16N2O2S/c1-13-4-2-6-15(12-13)18-21(19,20)16-9-7-14(8-10-16)5-3-11-17/h2,4,6-10,12,18H,11,17H2,1H3. The minimum Gasteiger partial charge on any atom is -0.320 e. The maximum atomic E-state index is 12.3. The third kappa shape index (κ3) is 4.09. The molecule has 21 heavy (non-hydrogen) atoms. The largest absolute Gasteiger partial charge is 0.320 e. The topological polar surface area (TPSA) is 72.2 Å². The first-order valence-electron chi connectivity index (χ1n) is 6.40. The van der Waals surface area contributed by atoms with Crippen LogP contribution < -0.4 is 10.5 Å². The molecule has 0 fully saturated rings. The number of nitrogens with one attached hydrogen (secondary N) is 1. The fourth-order valence-corrected chi connectivity index (χ4v) is 2.84. The van der Waals surface area contributed by atoms with Crippen LogP contribution in [0.1, 0.15) is 11.1 Å². The van der Waals surface area contributed by atoms with E-state index in [9.17, 15) is 8.42 Å². The van der Waals surface area contributed by atoms with Crippen molar-refractivity contribution in [3.05, 3.63) is 59.7 Å². The number of anilines is 1. The summed E-state index contributed by atoms with van der Waals surface area (Å²) in [5, 5.41) is 0. The van der Waals surface area contributed by atoms with Crippen molar-refractivity contribution in [3.8, 4) is 11.8 Å². The van der Waals surface area contributed by atoms with Crippen molar-refractivity contribution in [1.29, 1.82) is 0 Å². The highest BCUT2D eigenvalue weighted by Gasteiger charge is 2.13. The van der Waals surface area contributed by atoms with Gasteiger partial charge in [0.05, 0.1) is 11.4 Å². The van der Waals surface area contributed by atoms with E-state index in [4.69, 9.17) is 5.73 Å². The zero-order valence-corrected chi connectivity index (χ0v) is 12.4. The summed E-state index contributed by atoms with van der Waals surface area (Å²) in [5.41, 5.74) is 7.56. The van der Waals surface area contributed by atoms with Gasteiger partial charge in [0.1, 0.15) is 0 Å². The molecular formula is C16H16N2O2S. The van der Waals surface area contributed by atoms with Crippen molar-refractivity contribution >= 4 is 15.7 Å². The SMILES string of the molecule is Cc1cccc(NS(=O)(=O)c2ccc(C#CCN)cc2)c1. The molecule has 108 valence electrons. The summed E-state index contributed by atoms with van der Waals surface area (Å²) < 4.78 is 27.1. The Labute approximate surface area is 125 Å². The highest BCUT2D eigenvalue weighted by molar-refractivity contribution is 7.92. The summed E-state index contributed by atoms with van der Waals surface area (Å²) >= 11 is 0. The smallest absolute Gasteiger partial charge is 0.261 e. The Morgan fingerprint density at radius 1 is 1.14 bits per heavy atom. The molecule has 2 rings (SSSR count). The predicted molar refractivity (Wildman–Crippen MR) is 84.4 cm³/mol. The van der Waals surface area contributed by atoms with Crippen LogP contribution in [0.3, 0.4) is 0 Å². The van der Waals surface area contributed by atoms with E-state index in [1.165, 1.54) is 12.1 Å². The molecule has 0 radical (unpaired) electrons. The maximum absolute atomic E-state index is 12.3. The molecule has 0 aliphatic heterocycles. The molecule has 0 amide bonds. The van der Waals surface area contributed by atoms with Gasteiger partial charge in [0.25, 0.3) is 10.0 Å². The molecule has 0 saturated carbocycles. The van der Waals surface area contributed by atoms with E-state index < -0.39 is 10.0 Å². The number of rotatable bonds is 3. The van der Waals surface area contributed by atoms with Gasteiger partial charge >= 0.3 is 0 Å². The molecule has 2 aromatic carbocycles. The summed E-state index contributed by atoms with van der Waals surface area (Å²) in [4.78, 5) is 0.197. The number of sulfonamides is 1. The number of nitrogens with two attached hydrogens (primary N) is 1. The van der Waals surface area contributed by atoms with Crippen LogP contribution in [-0.4, -0.2) is 15.0 Å². The van der Waals surface area contributed by atoms with E-state index in [-0.39, 0.29) is 11.4 Å². The third-order valence-electron chi connectivity index (χ3n) is 2.77. The Kier molecular flexibility index (Phi) is 4.63. The van der Waals surface area contributed by atoms with Crippen LogP contribution in [0.25, 0.3) is 0 Å². The second-order valence-electron chi connectivity index (χ2n) is 4.51. The Morgan fingerprint density at radius 2 is 1.86 bits per heavy atom. The number of hydrogen-bond donors (Lipinski definition) is 2. The second kappa shape index (κ2) is 6.44. The van der Waals surface area contributed by atoms with Crippen LogP contribution >= 0.6 is 0 Å². The molecular weight excluding hydrogens is 284 g/mol. The van der Waals surface area contributed by atoms with Gasteiger partial charge in [0, 0.05) is 11.3 Å². The van der Waals surface area contributed by atoms with Crippen molar-refractivity contribution in [1.82, 2.24) is 0 Å². The third-order valence-corrected chi connectivity index (χ3v) is 4.17. The lowest BCUT2D eigenvalue weighted by atomic mass is 10.2. The predicted octanol–water partition coefficient (Wildman–Crippen LogP) is 2.11. The van der Waals surface area contributed by atoms with Crippen molar-refractivity contribution in [2.75, 3.05) is 11.3 Å². The van der Waals surface area contributed by atoms with Crippen LogP contribution in [0.15, 0.2) is 53.4 Å². The zero-order valence-electron chi connectivity index (χ0n) is 11.6. The van der Waals surface area contributed by atoms with E-state index in [2.05, 4.69) is 16.6 Å². The van der Waals surface area contributed by atoms with E-state index in [0.717, 1.165) is 11.1 Å². The number of hydrogen-bond acceptors (Lipinski definition) is 3. The van der Waals surface area contributed by atoms with Gasteiger partial charge in [-0.05, 0) is 48.9 Å². The van der Waals surface area contributed by atoms with Crippen LogP contribution in [0.2, 0.25) is 0 Å². The van der Waals surface area contributed by atoms with Crippen LogP contribution in [0, 0.1) is 18.8 Å². The molecule has 0 bridgehead atoms. The number of benzene rings is 2. The van der Waals surface area contributed by atoms with E-state index >= 15 is 0 Å². The lowest BCUT2D eigenvalue weighted by Gasteiger charge is -2.08. The van der Waals surface area contributed by atoms with Gasteiger partial charge in [-0.2, -0.15) is 0 Å². The number of aryl methyl sites for hydroxylation is 1. The van der Waals surface area contributed by atoms with Gasteiger partial charge in [0.15, 0.2) is 0 Å². The Bertz CT molecular complexity index is 785. The van der Waals surface area contributed by atoms with Gasteiger partial charge in [-0.25, -0.2) is 8.42 Å². The quantitative estimate of drug-likeness (QED) is 0.853. The van der Waals surface area contributed by atoms with Crippen LogP contribution in [0.5, 0.6) is 0 Å². The highest BCUT2D eigenvalue weighted by atomic mass is 32.2. The average molecular weight is 300 g/mol. The first kappa shape index (κ1) is 15.1. The van der Waals surface area contributed by atoms with Gasteiger partial charge < -0.3 is 5.73 Å². The summed E-state index contributed by atoms with van der Waals surface area (Å²) in [6.07, 6.45) is 0. The fourth-order valence-electron chi connectivity index (χ4n) is 1.79. The normalized spacial score (nSPS) is 10.6. The van der Waals surface area contributed by atoms with Crippen LogP contribution in [0.4, 0.5) is 5.69 Å². The van der Waals surface area contributed by atoms with Gasteiger partial charge in [-0.1, -0.05) is 24.0 Å². The minimum absolute atomic E-state index is 0.197. The molecule has 0 spiro atoms. The van der Waals surface area contributed by atoms with E-state index in [1.54, 1.807) is 30.3 Å². The van der Waals surface area contributed by atoms with E-state index in [1.807, 2.05) is 13.0 Å². The van der Waals surface area contributed by atoms with Crippen molar-refractivity contribution < 1.29 is 8.42 Å². The molecule has 4 nitrogen and oxygen atoms in total. The Balaban J connectivity index is 2.23. The fraction of sp³-hybridized carbons (Fsp3) is 0.125. The first-order valence-corrected chi connectivity index (χ1v) is 7.88. The van der Waals surface area contributed by atoms with E-state index in [0.29, 0.717) is 5.69 Å². The highest BCUT2D eigenvalue weighted by Crippen LogP contribution is 2.17. The molecule has 2 aromatic rings. The summed E-state index contributed by atoms with van der Waals surface area (Å²) in [7, 11) is -3.59. The molecule has 0 aliphatic carbocycles. The second-order valence-corrected chi connectivity index (χ2v) is 6.19. The molecule has 0 aliphatic rings. The minimum atomic E-state index is -3.59. The Morgan fingerprint density at radius 3 is 2.48 bits per heavy atom. The lowest BCUT2D eigenvalue weighted by Crippen LogP contribution is -2.12. The molecule has 0 aromatic heterocycles. The first-order chi connectivity index (χ1) is 10.0. The van der Waals surface area contributed by atoms with Crippen molar-refractivity contribution in [2.24, 2.45) is 5.73 Å². The zero-order chi connectivity index (χ0) is 15.3. The van der Waals surface area contributed by atoms with Crippen molar-refractivity contribution in [2.45, 2.75) is 11.8 Å². The van der Waals surface area contributed by atoms with Gasteiger partial charge in [0.2, 0.25) is 0 Å². The monoisotopic (exact) mass is 300 g/mol. The van der Waals surface area contributed by atoms with Gasteiger partial charge in [-0.3, -0.25) is 4.72 Å². The summed E-state index contributed by atoms with van der Waals surface area (Å²) in [5.74, 6) is 5.57. The van der Waals surface area contributed by atoms with Crippen molar-refractivity contribution in [3.63, 3.8) is 0 Å².